The number of nitrogens with zero attached hydrogens (tertiary/aromatic N) is 2. The van der Waals surface area contributed by atoms with Crippen LogP contribution in [0.4, 0.5) is 24.5 Å². The van der Waals surface area contributed by atoms with Crippen LogP contribution in [0, 0.1) is 0 Å². The maximum absolute atomic E-state index is 13.1. The van der Waals surface area contributed by atoms with E-state index >= 15 is 0 Å². The number of rotatable bonds is 4. The number of aromatic nitrogens is 1. The molecule has 0 saturated carbocycles. The first-order chi connectivity index (χ1) is 12.4. The van der Waals surface area contributed by atoms with Gasteiger partial charge in [-0.15, -0.1) is 11.3 Å². The number of halogens is 3. The Kier molecular flexibility index (Phi) is 5.61. The Morgan fingerprint density at radius 1 is 1.23 bits per heavy atom. The molecule has 4 nitrogen and oxygen atoms in total. The summed E-state index contributed by atoms with van der Waals surface area (Å²) in [5.41, 5.74) is 2.28. The van der Waals surface area contributed by atoms with Crippen molar-refractivity contribution in [3.63, 3.8) is 0 Å². The fourth-order valence-electron chi connectivity index (χ4n) is 2.86. The second kappa shape index (κ2) is 7.90. The van der Waals surface area contributed by atoms with Crippen molar-refractivity contribution >= 4 is 34.7 Å². The van der Waals surface area contributed by atoms with Gasteiger partial charge in [0.15, 0.2) is 0 Å². The number of alkyl halides is 3. The molecule has 1 aliphatic heterocycles. The van der Waals surface area contributed by atoms with Gasteiger partial charge in [0.25, 0.3) is 0 Å². The fourth-order valence-corrected chi connectivity index (χ4v) is 3.38. The van der Waals surface area contributed by atoms with E-state index in [2.05, 4.69) is 10.3 Å². The molecule has 0 aliphatic carbocycles. The quantitative estimate of drug-likeness (QED) is 0.774. The van der Waals surface area contributed by atoms with E-state index in [-0.39, 0.29) is 5.69 Å². The Hall–Kier alpha value is -2.35. The Bertz CT molecular complexity index is 781. The molecule has 0 spiro atoms. The molecule has 1 aliphatic rings. The van der Waals surface area contributed by atoms with Crippen LogP contribution in [0.15, 0.2) is 35.2 Å². The first-order valence-electron chi connectivity index (χ1n) is 8.27. The number of thiazole rings is 1. The van der Waals surface area contributed by atoms with Crippen molar-refractivity contribution in [2.45, 2.75) is 25.4 Å². The molecule has 0 bridgehead atoms. The second-order valence-corrected chi connectivity index (χ2v) is 6.73. The van der Waals surface area contributed by atoms with Crippen LogP contribution in [0.2, 0.25) is 0 Å². The summed E-state index contributed by atoms with van der Waals surface area (Å²) in [4.78, 5) is 18.2. The van der Waals surface area contributed by atoms with Crippen molar-refractivity contribution in [1.29, 1.82) is 0 Å². The number of amides is 1. The van der Waals surface area contributed by atoms with Crippen LogP contribution in [-0.2, 0) is 11.0 Å². The van der Waals surface area contributed by atoms with E-state index in [1.807, 2.05) is 4.90 Å². The summed E-state index contributed by atoms with van der Waals surface area (Å²) in [6.45, 7) is 1.53. The number of nitrogens with one attached hydrogen (secondary N) is 1. The van der Waals surface area contributed by atoms with E-state index in [0.29, 0.717) is 11.4 Å². The molecule has 2 heterocycles. The molecule has 1 aromatic heterocycles. The van der Waals surface area contributed by atoms with Gasteiger partial charge in [-0.1, -0.05) is 0 Å². The van der Waals surface area contributed by atoms with Gasteiger partial charge in [-0.05, 0) is 43.5 Å². The van der Waals surface area contributed by atoms with E-state index in [1.165, 1.54) is 29.6 Å². The predicted octanol–water partition coefficient (Wildman–Crippen LogP) is 4.80. The van der Waals surface area contributed by atoms with Crippen molar-refractivity contribution in [3.05, 3.63) is 46.4 Å². The second-order valence-electron chi connectivity index (χ2n) is 6.01. The number of hydrogen-bond donors (Lipinski definition) is 1. The number of hydrogen-bond acceptors (Lipinski definition) is 4. The molecule has 1 saturated heterocycles. The summed E-state index contributed by atoms with van der Waals surface area (Å²) in [7, 11) is 0. The minimum absolute atomic E-state index is 0.176. The van der Waals surface area contributed by atoms with Gasteiger partial charge in [0.05, 0.1) is 28.1 Å². The summed E-state index contributed by atoms with van der Waals surface area (Å²) >= 11 is 1.40. The third kappa shape index (κ3) is 4.63. The molecular formula is C18H18F3N3OS. The summed E-state index contributed by atoms with van der Waals surface area (Å²) in [5.74, 6) is -0.490. The first kappa shape index (κ1) is 18.4. The number of benzene rings is 1. The Morgan fingerprint density at radius 3 is 2.65 bits per heavy atom. The predicted molar refractivity (Wildman–Crippen MR) is 97.3 cm³/mol. The van der Waals surface area contributed by atoms with Crippen molar-refractivity contribution in [3.8, 4) is 0 Å². The molecule has 26 heavy (non-hydrogen) atoms. The highest BCUT2D eigenvalue weighted by atomic mass is 32.1. The summed E-state index contributed by atoms with van der Waals surface area (Å²) < 4.78 is 39.2. The van der Waals surface area contributed by atoms with E-state index < -0.39 is 17.6 Å². The van der Waals surface area contributed by atoms with Gasteiger partial charge >= 0.3 is 6.18 Å². The number of anilines is 2. The molecule has 0 radical (unpaired) electrons. The number of piperidine rings is 1. The van der Waals surface area contributed by atoms with Crippen LogP contribution < -0.4 is 10.2 Å². The molecule has 138 valence electrons. The van der Waals surface area contributed by atoms with Gasteiger partial charge in [-0.25, -0.2) is 4.98 Å². The normalized spacial score (nSPS) is 15.4. The van der Waals surface area contributed by atoms with Crippen LogP contribution in [0.3, 0.4) is 0 Å². The lowest BCUT2D eigenvalue weighted by atomic mass is 10.1. The lowest BCUT2D eigenvalue weighted by Gasteiger charge is -2.31. The smallest absolute Gasteiger partial charge is 0.370 e. The minimum atomic E-state index is -4.46. The highest BCUT2D eigenvalue weighted by Gasteiger charge is 2.31. The lowest BCUT2D eigenvalue weighted by molar-refractivity contribution is -0.137. The van der Waals surface area contributed by atoms with Crippen LogP contribution in [0.25, 0.3) is 6.08 Å². The maximum Gasteiger partial charge on any atom is 0.416 e. The Labute approximate surface area is 153 Å². The van der Waals surface area contributed by atoms with Crippen LogP contribution in [0.5, 0.6) is 0 Å². The molecule has 3 rings (SSSR count). The average Bonchev–Trinajstić information content (AvgIpc) is 3.13. The third-order valence-electron chi connectivity index (χ3n) is 4.14. The van der Waals surface area contributed by atoms with Gasteiger partial charge < -0.3 is 10.2 Å². The zero-order valence-electron chi connectivity index (χ0n) is 13.9. The SMILES string of the molecule is O=C(/C=C/c1cscn1)Nc1cc(C(F)(F)F)ccc1N1CCCCC1. The molecule has 2 aromatic rings. The standard InChI is InChI=1S/C18H18F3N3OS/c19-18(20,21)13-4-6-16(24-8-2-1-3-9-24)15(10-13)23-17(25)7-5-14-11-26-12-22-14/h4-7,10-12H,1-3,8-9H2,(H,23,25)/b7-5+. The van der Waals surface area contributed by atoms with Crippen LogP contribution >= 0.6 is 11.3 Å². The first-order valence-corrected chi connectivity index (χ1v) is 9.21. The van der Waals surface area contributed by atoms with E-state index in [1.54, 1.807) is 10.9 Å². The molecule has 1 N–H and O–H groups in total. The minimum Gasteiger partial charge on any atom is -0.370 e. The molecule has 1 aromatic carbocycles. The lowest BCUT2D eigenvalue weighted by Crippen LogP contribution is -2.30. The summed E-state index contributed by atoms with van der Waals surface area (Å²) in [5, 5.41) is 4.36. The molecule has 0 atom stereocenters. The maximum atomic E-state index is 13.1. The topological polar surface area (TPSA) is 45.2 Å². The van der Waals surface area contributed by atoms with Crippen molar-refractivity contribution in [2.24, 2.45) is 0 Å². The van der Waals surface area contributed by atoms with Gasteiger partial charge in [-0.2, -0.15) is 13.2 Å². The van der Waals surface area contributed by atoms with E-state index in [9.17, 15) is 18.0 Å². The number of carbonyl (C=O) groups is 1. The summed E-state index contributed by atoms with van der Waals surface area (Å²) in [6, 6.07) is 3.50. The molecule has 0 unspecified atom stereocenters. The van der Waals surface area contributed by atoms with Gasteiger partial charge in [-0.3, -0.25) is 4.79 Å². The number of carbonyl (C=O) groups excluding carboxylic acids is 1. The zero-order chi connectivity index (χ0) is 18.6. The molecule has 1 fully saturated rings. The average molecular weight is 381 g/mol. The molecular weight excluding hydrogens is 363 g/mol. The molecule has 1 amide bonds. The van der Waals surface area contributed by atoms with Crippen LogP contribution in [-0.4, -0.2) is 24.0 Å². The van der Waals surface area contributed by atoms with Crippen molar-refractivity contribution in [1.82, 2.24) is 4.98 Å². The zero-order valence-corrected chi connectivity index (χ0v) is 14.7. The van der Waals surface area contributed by atoms with Crippen molar-refractivity contribution in [2.75, 3.05) is 23.3 Å². The summed E-state index contributed by atoms with van der Waals surface area (Å²) in [6.07, 6.45) is 1.41. The largest absolute Gasteiger partial charge is 0.416 e. The Morgan fingerprint density at radius 2 is 2.00 bits per heavy atom. The monoisotopic (exact) mass is 381 g/mol. The molecule has 8 heteroatoms. The van der Waals surface area contributed by atoms with Gasteiger partial charge in [0.2, 0.25) is 5.91 Å². The fraction of sp³-hybridized carbons (Fsp3) is 0.333. The van der Waals surface area contributed by atoms with E-state index in [4.69, 9.17) is 0 Å². The highest BCUT2D eigenvalue weighted by molar-refractivity contribution is 7.07. The third-order valence-corrected chi connectivity index (χ3v) is 4.74. The van der Waals surface area contributed by atoms with Gasteiger partial charge in [0.1, 0.15) is 0 Å². The highest BCUT2D eigenvalue weighted by Crippen LogP contribution is 2.36. The van der Waals surface area contributed by atoms with Gasteiger partial charge in [0, 0.05) is 24.5 Å². The Balaban J connectivity index is 1.85. The van der Waals surface area contributed by atoms with Crippen molar-refractivity contribution < 1.29 is 18.0 Å². The van der Waals surface area contributed by atoms with Crippen LogP contribution in [0.1, 0.15) is 30.5 Å². The van der Waals surface area contributed by atoms with E-state index in [0.717, 1.165) is 44.5 Å².